The first kappa shape index (κ1) is 17.0. The Labute approximate surface area is 154 Å². The SMILES string of the molecule is C=CCOc1ccc(C2=NO[C@@H]3C(=O)N(c4ccc(F)cc4)C(=O)[C@@H]23)cc1. The number of carbonyl (C=O) groups excluding carboxylic acids is 2. The Kier molecular flexibility index (Phi) is 4.19. The van der Waals surface area contributed by atoms with Gasteiger partial charge in [0.15, 0.2) is 0 Å². The number of imide groups is 1. The van der Waals surface area contributed by atoms with Crippen LogP contribution in [0.5, 0.6) is 5.75 Å². The van der Waals surface area contributed by atoms with E-state index in [9.17, 15) is 14.0 Å². The van der Waals surface area contributed by atoms with Crippen molar-refractivity contribution in [3.63, 3.8) is 0 Å². The van der Waals surface area contributed by atoms with Gasteiger partial charge in [-0.25, -0.2) is 9.29 Å². The summed E-state index contributed by atoms with van der Waals surface area (Å²) in [5.41, 5.74) is 1.35. The van der Waals surface area contributed by atoms with Gasteiger partial charge in [0.1, 0.15) is 29.8 Å². The van der Waals surface area contributed by atoms with E-state index in [2.05, 4.69) is 11.7 Å². The highest BCUT2D eigenvalue weighted by Gasteiger charge is 2.56. The fourth-order valence-corrected chi connectivity index (χ4v) is 3.14. The number of fused-ring (bicyclic) bond motifs is 1. The van der Waals surface area contributed by atoms with Crippen molar-refractivity contribution in [2.45, 2.75) is 6.10 Å². The Morgan fingerprint density at radius 1 is 1.11 bits per heavy atom. The number of rotatable bonds is 5. The number of hydrogen-bond acceptors (Lipinski definition) is 5. The van der Waals surface area contributed by atoms with Gasteiger partial charge in [-0.1, -0.05) is 17.8 Å². The maximum absolute atomic E-state index is 13.1. The number of hydrogen-bond donors (Lipinski definition) is 0. The zero-order valence-corrected chi connectivity index (χ0v) is 14.2. The molecule has 0 aromatic heterocycles. The summed E-state index contributed by atoms with van der Waals surface area (Å²) in [6.45, 7) is 3.97. The number of oxime groups is 1. The first-order valence-corrected chi connectivity index (χ1v) is 8.31. The summed E-state index contributed by atoms with van der Waals surface area (Å²) in [6, 6.07) is 12.1. The summed E-state index contributed by atoms with van der Waals surface area (Å²) in [6.07, 6.45) is 0.634. The third-order valence-electron chi connectivity index (χ3n) is 4.41. The zero-order valence-electron chi connectivity index (χ0n) is 14.2. The molecule has 2 atom stereocenters. The Balaban J connectivity index is 1.60. The molecule has 0 aliphatic carbocycles. The largest absolute Gasteiger partial charge is 0.490 e. The van der Waals surface area contributed by atoms with Gasteiger partial charge in [-0.15, -0.1) is 0 Å². The minimum absolute atomic E-state index is 0.303. The van der Waals surface area contributed by atoms with E-state index in [1.54, 1.807) is 30.3 Å². The molecule has 2 amide bonds. The second-order valence-corrected chi connectivity index (χ2v) is 6.09. The molecule has 2 heterocycles. The van der Waals surface area contributed by atoms with Crippen LogP contribution in [0, 0.1) is 11.7 Å². The zero-order chi connectivity index (χ0) is 19.0. The lowest BCUT2D eigenvalue weighted by atomic mass is 9.94. The van der Waals surface area contributed by atoms with Gasteiger partial charge in [0.05, 0.1) is 5.69 Å². The van der Waals surface area contributed by atoms with Crippen molar-refractivity contribution in [3.8, 4) is 5.75 Å². The van der Waals surface area contributed by atoms with Gasteiger partial charge in [-0.05, 0) is 48.5 Å². The van der Waals surface area contributed by atoms with Crippen LogP contribution in [0.1, 0.15) is 5.56 Å². The molecular weight excluding hydrogens is 351 g/mol. The molecule has 2 aromatic carbocycles. The van der Waals surface area contributed by atoms with Gasteiger partial charge in [-0.2, -0.15) is 0 Å². The Morgan fingerprint density at radius 2 is 1.81 bits per heavy atom. The molecule has 0 radical (unpaired) electrons. The lowest BCUT2D eigenvalue weighted by Crippen LogP contribution is -2.33. The first-order valence-electron chi connectivity index (χ1n) is 8.31. The van der Waals surface area contributed by atoms with Crippen molar-refractivity contribution in [2.24, 2.45) is 11.1 Å². The van der Waals surface area contributed by atoms with Crippen LogP contribution in [0.15, 0.2) is 66.3 Å². The molecule has 1 saturated heterocycles. The van der Waals surface area contributed by atoms with Gasteiger partial charge >= 0.3 is 0 Å². The molecule has 2 aromatic rings. The molecule has 2 aliphatic rings. The number of benzene rings is 2. The molecule has 0 spiro atoms. The summed E-state index contributed by atoms with van der Waals surface area (Å²) in [5.74, 6) is -1.59. The third-order valence-corrected chi connectivity index (χ3v) is 4.41. The predicted molar refractivity (Wildman–Crippen MR) is 95.9 cm³/mol. The van der Waals surface area contributed by atoms with Crippen molar-refractivity contribution in [1.29, 1.82) is 0 Å². The van der Waals surface area contributed by atoms with Gasteiger partial charge in [0, 0.05) is 5.56 Å². The number of ether oxygens (including phenoxy) is 1. The molecular formula is C20H15FN2O4. The molecule has 7 heteroatoms. The van der Waals surface area contributed by atoms with E-state index in [0.29, 0.717) is 29.3 Å². The van der Waals surface area contributed by atoms with Gasteiger partial charge < -0.3 is 9.57 Å². The molecule has 2 aliphatic heterocycles. The van der Waals surface area contributed by atoms with E-state index in [1.165, 1.54) is 24.3 Å². The Morgan fingerprint density at radius 3 is 2.48 bits per heavy atom. The standard InChI is InChI=1S/C20H15FN2O4/c1-2-11-26-15-9-3-12(4-10-15)17-16-18(27-22-17)20(25)23(19(16)24)14-7-5-13(21)6-8-14/h2-10,16,18H,1,11H2/t16-,18-/m0/s1. The van der Waals surface area contributed by atoms with E-state index in [1.807, 2.05) is 0 Å². The minimum Gasteiger partial charge on any atom is -0.490 e. The Bertz CT molecular complexity index is 937. The molecule has 0 saturated carbocycles. The topological polar surface area (TPSA) is 68.2 Å². The fourth-order valence-electron chi connectivity index (χ4n) is 3.14. The normalized spacial score (nSPS) is 20.9. The summed E-state index contributed by atoms with van der Waals surface area (Å²) >= 11 is 0. The summed E-state index contributed by atoms with van der Waals surface area (Å²) in [5, 5.41) is 3.96. The molecule has 27 heavy (non-hydrogen) atoms. The molecule has 6 nitrogen and oxygen atoms in total. The maximum Gasteiger partial charge on any atom is 0.278 e. The van der Waals surface area contributed by atoms with Crippen molar-refractivity contribution in [3.05, 3.63) is 72.6 Å². The van der Waals surface area contributed by atoms with Gasteiger partial charge in [0.25, 0.3) is 5.91 Å². The summed E-state index contributed by atoms with van der Waals surface area (Å²) in [4.78, 5) is 31.8. The first-order chi connectivity index (χ1) is 13.1. The average molecular weight is 366 g/mol. The van der Waals surface area contributed by atoms with Crippen LogP contribution in [0.2, 0.25) is 0 Å². The van der Waals surface area contributed by atoms with Crippen LogP contribution in [0.4, 0.5) is 10.1 Å². The number of nitrogens with zero attached hydrogens (tertiary/aromatic N) is 2. The van der Waals surface area contributed by atoms with Crippen LogP contribution in [0.3, 0.4) is 0 Å². The number of anilines is 1. The molecule has 0 N–H and O–H groups in total. The smallest absolute Gasteiger partial charge is 0.278 e. The lowest BCUT2D eigenvalue weighted by Gasteiger charge is -2.15. The molecule has 4 rings (SSSR count). The second-order valence-electron chi connectivity index (χ2n) is 6.09. The molecule has 0 unspecified atom stereocenters. The molecule has 0 bridgehead atoms. The van der Waals surface area contributed by atoms with Gasteiger partial charge in [-0.3, -0.25) is 9.59 Å². The maximum atomic E-state index is 13.1. The van der Waals surface area contributed by atoms with Crippen molar-refractivity contribution in [2.75, 3.05) is 11.5 Å². The van der Waals surface area contributed by atoms with Crippen molar-refractivity contribution < 1.29 is 23.6 Å². The molecule has 136 valence electrons. The van der Waals surface area contributed by atoms with Crippen LogP contribution >= 0.6 is 0 Å². The highest BCUT2D eigenvalue weighted by molar-refractivity contribution is 6.32. The second kappa shape index (κ2) is 6.68. The highest BCUT2D eigenvalue weighted by Crippen LogP contribution is 2.35. The van der Waals surface area contributed by atoms with Gasteiger partial charge in [0.2, 0.25) is 12.0 Å². The quantitative estimate of drug-likeness (QED) is 0.603. The third kappa shape index (κ3) is 2.87. The minimum atomic E-state index is -1.01. The Hall–Kier alpha value is -3.48. The van der Waals surface area contributed by atoms with Crippen LogP contribution in [-0.2, 0) is 14.4 Å². The average Bonchev–Trinajstić information content (AvgIpc) is 3.22. The van der Waals surface area contributed by atoms with E-state index >= 15 is 0 Å². The van der Waals surface area contributed by atoms with Crippen LogP contribution < -0.4 is 9.64 Å². The predicted octanol–water partition coefficient (Wildman–Crippen LogP) is 2.68. The van der Waals surface area contributed by atoms with E-state index in [4.69, 9.17) is 9.57 Å². The van der Waals surface area contributed by atoms with E-state index < -0.39 is 29.7 Å². The number of halogens is 1. The fraction of sp³-hybridized carbons (Fsp3) is 0.150. The molecule has 1 fully saturated rings. The van der Waals surface area contributed by atoms with Crippen LogP contribution in [-0.4, -0.2) is 30.2 Å². The summed E-state index contributed by atoms with van der Waals surface area (Å²) < 4.78 is 18.6. The van der Waals surface area contributed by atoms with E-state index in [-0.39, 0.29) is 0 Å². The van der Waals surface area contributed by atoms with E-state index in [0.717, 1.165) is 4.90 Å². The lowest BCUT2D eigenvalue weighted by molar-refractivity contribution is -0.126. The van der Waals surface area contributed by atoms with Crippen LogP contribution in [0.25, 0.3) is 0 Å². The monoisotopic (exact) mass is 366 g/mol. The summed E-state index contributed by atoms with van der Waals surface area (Å²) in [7, 11) is 0. The van der Waals surface area contributed by atoms with Crippen molar-refractivity contribution in [1.82, 2.24) is 0 Å². The number of amides is 2. The van der Waals surface area contributed by atoms with Crippen molar-refractivity contribution >= 4 is 23.2 Å². The number of carbonyl (C=O) groups is 2. The highest BCUT2D eigenvalue weighted by atomic mass is 19.1.